The molecule has 0 bridgehead atoms. The van der Waals surface area contributed by atoms with Crippen LogP contribution in [0.25, 0.3) is 0 Å². The SMILES string of the molecule is COc1cc(S(C)(=O)=O)ccc1C1(CN)CCC1. The Bertz CT molecular complexity index is 542. The Balaban J connectivity index is 2.50. The topological polar surface area (TPSA) is 69.4 Å². The van der Waals surface area contributed by atoms with Gasteiger partial charge in [-0.1, -0.05) is 12.5 Å². The van der Waals surface area contributed by atoms with E-state index < -0.39 is 9.84 Å². The molecule has 100 valence electrons. The van der Waals surface area contributed by atoms with Gasteiger partial charge in [0.05, 0.1) is 12.0 Å². The molecule has 0 aliphatic heterocycles. The lowest BCUT2D eigenvalue weighted by Crippen LogP contribution is -2.41. The Kier molecular flexibility index (Phi) is 3.38. The number of nitrogens with two attached hydrogens (primary N) is 1. The Morgan fingerprint density at radius 1 is 1.39 bits per heavy atom. The molecule has 1 aromatic carbocycles. The minimum Gasteiger partial charge on any atom is -0.496 e. The fourth-order valence-corrected chi connectivity index (χ4v) is 3.16. The second-order valence-electron chi connectivity index (χ2n) is 4.97. The normalized spacial score (nSPS) is 18.2. The summed E-state index contributed by atoms with van der Waals surface area (Å²) in [5.41, 5.74) is 6.88. The molecule has 5 heteroatoms. The zero-order valence-corrected chi connectivity index (χ0v) is 11.6. The number of methoxy groups -OCH3 is 1. The molecule has 1 saturated carbocycles. The van der Waals surface area contributed by atoms with Crippen LogP contribution in [-0.2, 0) is 15.3 Å². The van der Waals surface area contributed by atoms with Crippen LogP contribution in [0, 0.1) is 0 Å². The molecule has 0 spiro atoms. The third-order valence-electron chi connectivity index (χ3n) is 3.87. The fourth-order valence-electron chi connectivity index (χ4n) is 2.53. The fraction of sp³-hybridized carbons (Fsp3) is 0.538. The van der Waals surface area contributed by atoms with E-state index in [0.717, 1.165) is 24.8 Å². The maximum absolute atomic E-state index is 11.5. The summed E-state index contributed by atoms with van der Waals surface area (Å²) in [4.78, 5) is 0.287. The molecule has 1 aromatic rings. The maximum Gasteiger partial charge on any atom is 0.175 e. The van der Waals surface area contributed by atoms with E-state index in [1.807, 2.05) is 6.07 Å². The van der Waals surface area contributed by atoms with Gasteiger partial charge in [0.1, 0.15) is 5.75 Å². The monoisotopic (exact) mass is 269 g/mol. The van der Waals surface area contributed by atoms with Crippen molar-refractivity contribution in [1.82, 2.24) is 0 Å². The van der Waals surface area contributed by atoms with Crippen LogP contribution < -0.4 is 10.5 Å². The summed E-state index contributed by atoms with van der Waals surface area (Å²) in [6, 6.07) is 5.09. The smallest absolute Gasteiger partial charge is 0.175 e. The largest absolute Gasteiger partial charge is 0.496 e. The van der Waals surface area contributed by atoms with Gasteiger partial charge >= 0.3 is 0 Å². The van der Waals surface area contributed by atoms with Gasteiger partial charge in [-0.3, -0.25) is 0 Å². The van der Waals surface area contributed by atoms with E-state index in [9.17, 15) is 8.42 Å². The number of hydrogen-bond acceptors (Lipinski definition) is 4. The van der Waals surface area contributed by atoms with Gasteiger partial charge in [-0.25, -0.2) is 8.42 Å². The van der Waals surface area contributed by atoms with Crippen molar-refractivity contribution in [2.24, 2.45) is 5.73 Å². The predicted molar refractivity (Wildman–Crippen MR) is 70.7 cm³/mol. The molecule has 2 N–H and O–H groups in total. The van der Waals surface area contributed by atoms with Crippen molar-refractivity contribution < 1.29 is 13.2 Å². The van der Waals surface area contributed by atoms with Crippen LogP contribution in [0.3, 0.4) is 0 Å². The maximum atomic E-state index is 11.5. The molecule has 0 heterocycles. The van der Waals surface area contributed by atoms with E-state index in [2.05, 4.69) is 0 Å². The van der Waals surface area contributed by atoms with Crippen molar-refractivity contribution in [2.75, 3.05) is 19.9 Å². The second-order valence-corrected chi connectivity index (χ2v) is 6.99. The van der Waals surface area contributed by atoms with Gasteiger partial charge in [0.15, 0.2) is 9.84 Å². The number of rotatable bonds is 4. The summed E-state index contributed by atoms with van der Waals surface area (Å²) in [7, 11) is -1.64. The van der Waals surface area contributed by atoms with Crippen molar-refractivity contribution in [3.05, 3.63) is 23.8 Å². The van der Waals surface area contributed by atoms with Gasteiger partial charge in [-0.15, -0.1) is 0 Å². The van der Waals surface area contributed by atoms with Gasteiger partial charge in [0.2, 0.25) is 0 Å². The number of benzene rings is 1. The van der Waals surface area contributed by atoms with E-state index in [1.165, 1.54) is 6.26 Å². The highest BCUT2D eigenvalue weighted by molar-refractivity contribution is 7.90. The second kappa shape index (κ2) is 4.55. The first-order valence-electron chi connectivity index (χ1n) is 6.02. The number of ether oxygens (including phenoxy) is 1. The standard InChI is InChI=1S/C13H19NO3S/c1-17-12-8-10(18(2,15)16)4-5-11(12)13(9-14)6-3-7-13/h4-5,8H,3,6-7,9,14H2,1-2H3. The molecule has 1 aliphatic carbocycles. The Hall–Kier alpha value is -1.07. The predicted octanol–water partition coefficient (Wildman–Crippen LogP) is 1.48. The van der Waals surface area contributed by atoms with Crippen LogP contribution in [0.5, 0.6) is 5.75 Å². The quantitative estimate of drug-likeness (QED) is 0.899. The minimum atomic E-state index is -3.20. The first-order valence-corrected chi connectivity index (χ1v) is 7.91. The minimum absolute atomic E-state index is 0.0264. The molecule has 0 saturated heterocycles. The van der Waals surface area contributed by atoms with Crippen molar-refractivity contribution in [2.45, 2.75) is 29.6 Å². The summed E-state index contributed by atoms with van der Waals surface area (Å²) in [5.74, 6) is 0.628. The Labute approximate surface area is 108 Å². The van der Waals surface area contributed by atoms with Gasteiger partial charge in [0.25, 0.3) is 0 Å². The van der Waals surface area contributed by atoms with E-state index in [0.29, 0.717) is 12.3 Å². The molecular formula is C13H19NO3S. The van der Waals surface area contributed by atoms with E-state index in [1.54, 1.807) is 19.2 Å². The van der Waals surface area contributed by atoms with Gasteiger partial charge in [-0.05, 0) is 25.0 Å². The molecule has 1 fully saturated rings. The lowest BCUT2D eigenvalue weighted by Gasteiger charge is -2.42. The first kappa shape index (κ1) is 13.4. The van der Waals surface area contributed by atoms with E-state index >= 15 is 0 Å². The van der Waals surface area contributed by atoms with Gasteiger partial charge in [-0.2, -0.15) is 0 Å². The molecule has 18 heavy (non-hydrogen) atoms. The zero-order valence-electron chi connectivity index (χ0n) is 10.8. The molecule has 2 rings (SSSR count). The third kappa shape index (κ3) is 2.12. The highest BCUT2D eigenvalue weighted by Gasteiger charge is 2.39. The zero-order chi connectivity index (χ0) is 13.4. The van der Waals surface area contributed by atoms with Crippen LogP contribution >= 0.6 is 0 Å². The molecule has 0 atom stereocenters. The van der Waals surface area contributed by atoms with Crippen molar-refractivity contribution in [1.29, 1.82) is 0 Å². The molecule has 0 radical (unpaired) electrons. The van der Waals surface area contributed by atoms with Crippen LogP contribution in [0.2, 0.25) is 0 Å². The molecule has 0 amide bonds. The van der Waals surface area contributed by atoms with Crippen LogP contribution in [0.15, 0.2) is 23.1 Å². The molecule has 1 aliphatic rings. The summed E-state index contributed by atoms with van der Waals surface area (Å²) < 4.78 is 28.4. The highest BCUT2D eigenvalue weighted by Crippen LogP contribution is 2.46. The summed E-state index contributed by atoms with van der Waals surface area (Å²) in [5, 5.41) is 0. The third-order valence-corrected chi connectivity index (χ3v) is 4.98. The molecule has 4 nitrogen and oxygen atoms in total. The van der Waals surface area contributed by atoms with Crippen molar-refractivity contribution in [3.8, 4) is 5.75 Å². The lowest BCUT2D eigenvalue weighted by atomic mass is 9.64. The van der Waals surface area contributed by atoms with Crippen LogP contribution in [0.1, 0.15) is 24.8 Å². The summed E-state index contributed by atoms with van der Waals surface area (Å²) >= 11 is 0. The Morgan fingerprint density at radius 2 is 2.06 bits per heavy atom. The van der Waals surface area contributed by atoms with Gasteiger partial charge in [0, 0.05) is 23.8 Å². The Morgan fingerprint density at radius 3 is 2.44 bits per heavy atom. The average molecular weight is 269 g/mol. The molecular weight excluding hydrogens is 250 g/mol. The molecule has 0 unspecified atom stereocenters. The van der Waals surface area contributed by atoms with Gasteiger partial charge < -0.3 is 10.5 Å². The van der Waals surface area contributed by atoms with Crippen LogP contribution in [0.4, 0.5) is 0 Å². The lowest BCUT2D eigenvalue weighted by molar-refractivity contribution is 0.243. The van der Waals surface area contributed by atoms with Crippen molar-refractivity contribution in [3.63, 3.8) is 0 Å². The van der Waals surface area contributed by atoms with E-state index in [-0.39, 0.29) is 10.3 Å². The average Bonchev–Trinajstić information content (AvgIpc) is 2.27. The van der Waals surface area contributed by atoms with E-state index in [4.69, 9.17) is 10.5 Å². The van der Waals surface area contributed by atoms with Crippen LogP contribution in [-0.4, -0.2) is 28.3 Å². The highest BCUT2D eigenvalue weighted by atomic mass is 32.2. The summed E-state index contributed by atoms with van der Waals surface area (Å²) in [6.07, 6.45) is 4.44. The first-order chi connectivity index (χ1) is 8.43. The number of hydrogen-bond donors (Lipinski definition) is 1. The summed E-state index contributed by atoms with van der Waals surface area (Å²) in [6.45, 7) is 0.571. The molecule has 0 aromatic heterocycles. The number of sulfone groups is 1. The van der Waals surface area contributed by atoms with Crippen molar-refractivity contribution >= 4 is 9.84 Å².